The van der Waals surface area contributed by atoms with Gasteiger partial charge in [-0.1, -0.05) is 18.2 Å². The lowest BCUT2D eigenvalue weighted by Gasteiger charge is -2.22. The number of rotatable bonds is 4. The summed E-state index contributed by atoms with van der Waals surface area (Å²) in [4.78, 5) is 34.1. The molecule has 0 radical (unpaired) electrons. The first-order chi connectivity index (χ1) is 14.2. The van der Waals surface area contributed by atoms with Crippen molar-refractivity contribution in [3.05, 3.63) is 59.1 Å². The molecule has 0 N–H and O–H groups in total. The Labute approximate surface area is 173 Å². The Morgan fingerprint density at radius 2 is 1.97 bits per heavy atom. The van der Waals surface area contributed by atoms with E-state index in [0.717, 1.165) is 40.3 Å². The highest BCUT2D eigenvalue weighted by molar-refractivity contribution is 7.20. The number of carbonyl (C=O) groups is 2. The van der Waals surface area contributed by atoms with Crippen molar-refractivity contribution in [3.63, 3.8) is 0 Å². The van der Waals surface area contributed by atoms with Gasteiger partial charge in [-0.15, -0.1) is 11.3 Å². The van der Waals surface area contributed by atoms with Gasteiger partial charge in [-0.05, 0) is 43.0 Å². The normalized spacial score (nSPS) is 14.7. The molecule has 0 unspecified atom stereocenters. The van der Waals surface area contributed by atoms with E-state index in [2.05, 4.69) is 9.88 Å². The van der Waals surface area contributed by atoms with Gasteiger partial charge in [-0.25, -0.2) is 9.78 Å². The first kappa shape index (κ1) is 19.4. The van der Waals surface area contributed by atoms with Crippen LogP contribution in [-0.2, 0) is 4.74 Å². The van der Waals surface area contributed by atoms with Gasteiger partial charge in [-0.2, -0.15) is 0 Å². The fraction of sp³-hybridized carbons (Fsp3) is 0.318. The van der Waals surface area contributed by atoms with Crippen LogP contribution in [0, 0.1) is 0 Å². The number of fused-ring (bicyclic) bond motifs is 1. The minimum absolute atomic E-state index is 0.0960. The first-order valence-electron chi connectivity index (χ1n) is 9.81. The van der Waals surface area contributed by atoms with Crippen LogP contribution in [0.25, 0.3) is 10.1 Å². The highest BCUT2D eigenvalue weighted by atomic mass is 32.1. The molecule has 1 saturated heterocycles. The third kappa shape index (κ3) is 4.24. The predicted molar refractivity (Wildman–Crippen MR) is 115 cm³/mol. The number of ether oxygens (including phenoxy) is 1. The maximum Gasteiger partial charge on any atom is 0.339 e. The number of pyridine rings is 1. The number of hydrogen-bond acceptors (Lipinski definition) is 6. The van der Waals surface area contributed by atoms with Crippen molar-refractivity contribution < 1.29 is 14.3 Å². The van der Waals surface area contributed by atoms with Crippen LogP contribution in [0.3, 0.4) is 0 Å². The van der Waals surface area contributed by atoms with Gasteiger partial charge in [0.05, 0.1) is 17.0 Å². The van der Waals surface area contributed by atoms with Gasteiger partial charge < -0.3 is 14.5 Å². The Morgan fingerprint density at radius 1 is 1.10 bits per heavy atom. The molecule has 4 rings (SSSR count). The summed E-state index contributed by atoms with van der Waals surface area (Å²) in [6.07, 6.45) is 2.43. The SMILES string of the molecule is CCOC(=O)c1ccc(N2CCCN(C(=O)c3cc4ccccc4s3)CC2)nc1. The molecular formula is C22H23N3O3S. The fourth-order valence-corrected chi connectivity index (χ4v) is 4.53. The first-order valence-corrected chi connectivity index (χ1v) is 10.6. The predicted octanol–water partition coefficient (Wildman–Crippen LogP) is 3.83. The highest BCUT2D eigenvalue weighted by Gasteiger charge is 2.22. The van der Waals surface area contributed by atoms with Gasteiger partial charge in [0.15, 0.2) is 0 Å². The van der Waals surface area contributed by atoms with Crippen molar-refractivity contribution in [2.24, 2.45) is 0 Å². The maximum atomic E-state index is 13.0. The molecule has 150 valence electrons. The van der Waals surface area contributed by atoms with Gasteiger partial charge >= 0.3 is 5.97 Å². The number of aromatic nitrogens is 1. The van der Waals surface area contributed by atoms with E-state index < -0.39 is 0 Å². The van der Waals surface area contributed by atoms with Crippen molar-refractivity contribution in [1.29, 1.82) is 0 Å². The van der Waals surface area contributed by atoms with Crippen LogP contribution in [0.5, 0.6) is 0 Å². The number of esters is 1. The van der Waals surface area contributed by atoms with Gasteiger partial charge in [0.1, 0.15) is 5.82 Å². The number of amides is 1. The summed E-state index contributed by atoms with van der Waals surface area (Å²) in [6, 6.07) is 13.6. The van der Waals surface area contributed by atoms with E-state index in [-0.39, 0.29) is 11.9 Å². The third-order valence-electron chi connectivity index (χ3n) is 5.00. The largest absolute Gasteiger partial charge is 0.462 e. The molecule has 0 spiro atoms. The number of carbonyl (C=O) groups excluding carboxylic acids is 2. The summed E-state index contributed by atoms with van der Waals surface area (Å²) in [7, 11) is 0. The van der Waals surface area contributed by atoms with Crippen LogP contribution >= 0.6 is 11.3 Å². The molecule has 1 aromatic carbocycles. The summed E-state index contributed by atoms with van der Waals surface area (Å²) >= 11 is 1.55. The molecule has 0 bridgehead atoms. The number of thiophene rings is 1. The second kappa shape index (κ2) is 8.61. The third-order valence-corrected chi connectivity index (χ3v) is 6.11. The molecule has 29 heavy (non-hydrogen) atoms. The topological polar surface area (TPSA) is 62.7 Å². The summed E-state index contributed by atoms with van der Waals surface area (Å²) in [5.74, 6) is 0.551. The minimum Gasteiger partial charge on any atom is -0.462 e. The summed E-state index contributed by atoms with van der Waals surface area (Å²) in [6.45, 7) is 5.03. The lowest BCUT2D eigenvalue weighted by Crippen LogP contribution is -2.35. The summed E-state index contributed by atoms with van der Waals surface area (Å²) in [5, 5.41) is 1.11. The van der Waals surface area contributed by atoms with Crippen LogP contribution < -0.4 is 4.90 Å². The lowest BCUT2D eigenvalue weighted by atomic mass is 10.2. The molecule has 1 aliphatic heterocycles. The Balaban J connectivity index is 1.42. The number of hydrogen-bond donors (Lipinski definition) is 0. The number of anilines is 1. The van der Waals surface area contributed by atoms with Gasteiger partial charge in [-0.3, -0.25) is 4.79 Å². The highest BCUT2D eigenvalue weighted by Crippen LogP contribution is 2.27. The lowest BCUT2D eigenvalue weighted by molar-refractivity contribution is 0.0525. The van der Waals surface area contributed by atoms with Gasteiger partial charge in [0.25, 0.3) is 5.91 Å². The average molecular weight is 410 g/mol. The summed E-state index contributed by atoms with van der Waals surface area (Å²) in [5.41, 5.74) is 0.451. The van der Waals surface area contributed by atoms with E-state index >= 15 is 0 Å². The van der Waals surface area contributed by atoms with Gasteiger partial charge in [0, 0.05) is 37.1 Å². The van der Waals surface area contributed by atoms with E-state index in [1.807, 2.05) is 41.3 Å². The molecule has 1 amide bonds. The molecule has 7 heteroatoms. The van der Waals surface area contributed by atoms with Crippen LogP contribution in [0.4, 0.5) is 5.82 Å². The van der Waals surface area contributed by atoms with Crippen molar-refractivity contribution in [2.45, 2.75) is 13.3 Å². The van der Waals surface area contributed by atoms with E-state index in [1.54, 1.807) is 30.5 Å². The second-order valence-corrected chi connectivity index (χ2v) is 7.99. The molecule has 2 aromatic heterocycles. The zero-order valence-corrected chi connectivity index (χ0v) is 17.2. The van der Waals surface area contributed by atoms with Crippen molar-refractivity contribution in [3.8, 4) is 0 Å². The molecular weight excluding hydrogens is 386 g/mol. The molecule has 1 fully saturated rings. The number of nitrogens with zero attached hydrogens (tertiary/aromatic N) is 3. The Morgan fingerprint density at radius 3 is 2.72 bits per heavy atom. The number of benzene rings is 1. The Bertz CT molecular complexity index is 983. The molecule has 0 aliphatic carbocycles. The average Bonchev–Trinajstić information content (AvgIpc) is 3.03. The molecule has 1 aliphatic rings. The molecule has 3 heterocycles. The van der Waals surface area contributed by atoms with Crippen molar-refractivity contribution in [2.75, 3.05) is 37.7 Å². The quantitative estimate of drug-likeness (QED) is 0.613. The second-order valence-electron chi connectivity index (χ2n) is 6.91. The van der Waals surface area contributed by atoms with Gasteiger partial charge in [0.2, 0.25) is 0 Å². The molecule has 3 aromatic rings. The van der Waals surface area contributed by atoms with E-state index in [0.29, 0.717) is 25.3 Å². The molecule has 6 nitrogen and oxygen atoms in total. The zero-order chi connectivity index (χ0) is 20.2. The van der Waals surface area contributed by atoms with Crippen molar-refractivity contribution >= 4 is 39.1 Å². The van der Waals surface area contributed by atoms with Crippen LogP contribution in [0.2, 0.25) is 0 Å². The molecule has 0 atom stereocenters. The van der Waals surface area contributed by atoms with Crippen LogP contribution in [0.1, 0.15) is 33.4 Å². The Hall–Kier alpha value is -2.93. The molecule has 0 saturated carbocycles. The van der Waals surface area contributed by atoms with E-state index in [1.165, 1.54) is 0 Å². The fourth-order valence-electron chi connectivity index (χ4n) is 3.50. The van der Waals surface area contributed by atoms with E-state index in [9.17, 15) is 9.59 Å². The smallest absolute Gasteiger partial charge is 0.339 e. The summed E-state index contributed by atoms with van der Waals surface area (Å²) < 4.78 is 6.14. The minimum atomic E-state index is -0.359. The van der Waals surface area contributed by atoms with Crippen LogP contribution in [0.15, 0.2) is 48.7 Å². The Kier molecular flexibility index (Phi) is 5.76. The zero-order valence-electron chi connectivity index (χ0n) is 16.3. The van der Waals surface area contributed by atoms with Crippen LogP contribution in [-0.4, -0.2) is 54.5 Å². The van der Waals surface area contributed by atoms with Crippen molar-refractivity contribution in [1.82, 2.24) is 9.88 Å². The monoisotopic (exact) mass is 409 g/mol. The maximum absolute atomic E-state index is 13.0. The van der Waals surface area contributed by atoms with E-state index in [4.69, 9.17) is 4.74 Å². The standard InChI is InChI=1S/C22H23N3O3S/c1-2-28-22(27)17-8-9-20(23-15-17)24-10-5-11-25(13-12-24)21(26)19-14-16-6-3-4-7-18(16)29-19/h3-4,6-9,14-15H,2,5,10-13H2,1H3.